The number of halogens is 1. The highest BCUT2D eigenvalue weighted by atomic mass is 35.5. The molecule has 0 aromatic heterocycles. The maximum atomic E-state index is 5.94. The largest absolute Gasteiger partial charge is 0.156 e. The van der Waals surface area contributed by atoms with E-state index in [4.69, 9.17) is 11.6 Å². The van der Waals surface area contributed by atoms with Gasteiger partial charge >= 0.3 is 0 Å². The van der Waals surface area contributed by atoms with Gasteiger partial charge in [-0.25, -0.2) is 0 Å². The molecule has 0 aromatic carbocycles. The molecule has 0 spiro atoms. The molecule has 8 heavy (non-hydrogen) atoms. The van der Waals surface area contributed by atoms with E-state index in [1.807, 2.05) is 0 Å². The SMILES string of the molecule is SC1(Cl)CCCCC1. The molecule has 1 saturated carbocycles. The highest BCUT2D eigenvalue weighted by molar-refractivity contribution is 7.83. The van der Waals surface area contributed by atoms with Gasteiger partial charge in [0.15, 0.2) is 0 Å². The Hall–Kier alpha value is 0.640. The summed E-state index contributed by atoms with van der Waals surface area (Å²) in [4.78, 5) is 0. The third-order valence-corrected chi connectivity index (χ3v) is 2.44. The molecule has 48 valence electrons. The molecule has 0 unspecified atom stereocenters. The summed E-state index contributed by atoms with van der Waals surface area (Å²) >= 11 is 10.2. The van der Waals surface area contributed by atoms with Crippen molar-refractivity contribution in [1.29, 1.82) is 0 Å². The van der Waals surface area contributed by atoms with E-state index >= 15 is 0 Å². The second-order valence-electron chi connectivity index (χ2n) is 2.48. The van der Waals surface area contributed by atoms with Crippen LogP contribution < -0.4 is 0 Å². The van der Waals surface area contributed by atoms with Gasteiger partial charge < -0.3 is 0 Å². The van der Waals surface area contributed by atoms with E-state index in [0.29, 0.717) is 0 Å². The Bertz CT molecular complexity index is 72.6. The van der Waals surface area contributed by atoms with Crippen LogP contribution >= 0.6 is 24.2 Å². The molecular formula is C6H11ClS. The van der Waals surface area contributed by atoms with Gasteiger partial charge in [0.05, 0.1) is 4.21 Å². The lowest BCUT2D eigenvalue weighted by molar-refractivity contribution is 0.487. The maximum Gasteiger partial charge on any atom is 0.0867 e. The monoisotopic (exact) mass is 150 g/mol. The van der Waals surface area contributed by atoms with Crippen LogP contribution in [0.1, 0.15) is 32.1 Å². The average molecular weight is 151 g/mol. The predicted octanol–water partition coefficient (Wildman–Crippen LogP) is 2.82. The lowest BCUT2D eigenvalue weighted by atomic mass is 10.00. The highest BCUT2D eigenvalue weighted by Gasteiger charge is 2.23. The van der Waals surface area contributed by atoms with Crippen LogP contribution in [0, 0.1) is 0 Å². The first kappa shape index (κ1) is 6.76. The topological polar surface area (TPSA) is 0 Å². The van der Waals surface area contributed by atoms with Crippen LogP contribution in [0.3, 0.4) is 0 Å². The van der Waals surface area contributed by atoms with Gasteiger partial charge in [0.25, 0.3) is 0 Å². The molecule has 0 heterocycles. The minimum absolute atomic E-state index is 0.155. The zero-order valence-electron chi connectivity index (χ0n) is 4.86. The summed E-state index contributed by atoms with van der Waals surface area (Å²) in [7, 11) is 0. The van der Waals surface area contributed by atoms with Crippen molar-refractivity contribution in [2.24, 2.45) is 0 Å². The molecule has 0 aromatic rings. The molecule has 0 atom stereocenters. The van der Waals surface area contributed by atoms with Gasteiger partial charge in [0.2, 0.25) is 0 Å². The molecule has 1 aliphatic carbocycles. The molecule has 0 radical (unpaired) electrons. The Morgan fingerprint density at radius 3 is 1.88 bits per heavy atom. The number of alkyl halides is 1. The van der Waals surface area contributed by atoms with Crippen molar-refractivity contribution in [2.45, 2.75) is 36.3 Å². The van der Waals surface area contributed by atoms with Crippen LogP contribution in [0.15, 0.2) is 0 Å². The molecule has 0 aliphatic heterocycles. The van der Waals surface area contributed by atoms with Crippen LogP contribution in [-0.2, 0) is 0 Å². The van der Waals surface area contributed by atoms with Crippen molar-refractivity contribution in [3.8, 4) is 0 Å². The summed E-state index contributed by atoms with van der Waals surface area (Å²) in [6.45, 7) is 0. The summed E-state index contributed by atoms with van der Waals surface area (Å²) in [5.74, 6) is 0. The Morgan fingerprint density at radius 2 is 1.62 bits per heavy atom. The number of thiol groups is 1. The van der Waals surface area contributed by atoms with E-state index in [-0.39, 0.29) is 4.21 Å². The number of hydrogen-bond acceptors (Lipinski definition) is 1. The van der Waals surface area contributed by atoms with Crippen molar-refractivity contribution in [2.75, 3.05) is 0 Å². The van der Waals surface area contributed by atoms with E-state index < -0.39 is 0 Å². The smallest absolute Gasteiger partial charge is 0.0867 e. The van der Waals surface area contributed by atoms with Crippen molar-refractivity contribution in [1.82, 2.24) is 0 Å². The van der Waals surface area contributed by atoms with Gasteiger partial charge in [-0.15, -0.1) is 11.6 Å². The molecule has 1 aliphatic rings. The maximum absolute atomic E-state index is 5.94. The summed E-state index contributed by atoms with van der Waals surface area (Å²) in [5, 5.41) is 0. The molecule has 0 saturated heterocycles. The average Bonchev–Trinajstić information content (AvgIpc) is 1.65. The zero-order valence-corrected chi connectivity index (χ0v) is 6.51. The van der Waals surface area contributed by atoms with Crippen molar-refractivity contribution in [3.63, 3.8) is 0 Å². The Balaban J connectivity index is 2.33. The molecule has 1 fully saturated rings. The van der Waals surface area contributed by atoms with Gasteiger partial charge in [0.1, 0.15) is 0 Å². The second kappa shape index (κ2) is 2.49. The summed E-state index contributed by atoms with van der Waals surface area (Å²) in [6.07, 6.45) is 6.02. The van der Waals surface area contributed by atoms with E-state index in [1.54, 1.807) is 0 Å². The van der Waals surface area contributed by atoms with Crippen molar-refractivity contribution < 1.29 is 0 Å². The van der Waals surface area contributed by atoms with Crippen molar-refractivity contribution in [3.05, 3.63) is 0 Å². The van der Waals surface area contributed by atoms with Crippen LogP contribution in [0.2, 0.25) is 0 Å². The predicted molar refractivity (Wildman–Crippen MR) is 40.7 cm³/mol. The Labute approximate surface area is 61.0 Å². The fourth-order valence-electron chi connectivity index (χ4n) is 1.09. The lowest BCUT2D eigenvalue weighted by Crippen LogP contribution is -2.16. The zero-order chi connectivity index (χ0) is 6.04. The first-order valence-corrected chi connectivity index (χ1v) is 3.94. The van der Waals surface area contributed by atoms with Gasteiger partial charge in [-0.3, -0.25) is 0 Å². The minimum Gasteiger partial charge on any atom is -0.156 e. The Morgan fingerprint density at radius 1 is 1.12 bits per heavy atom. The van der Waals surface area contributed by atoms with Gasteiger partial charge in [-0.2, -0.15) is 12.6 Å². The molecular weight excluding hydrogens is 140 g/mol. The summed E-state index contributed by atoms with van der Waals surface area (Å²) < 4.78 is -0.155. The first-order chi connectivity index (χ1) is 3.71. The highest BCUT2D eigenvalue weighted by Crippen LogP contribution is 2.36. The molecule has 0 amide bonds. The normalized spacial score (nSPS) is 27.8. The quantitative estimate of drug-likeness (QED) is 0.399. The van der Waals surface area contributed by atoms with Crippen LogP contribution in [0.5, 0.6) is 0 Å². The van der Waals surface area contributed by atoms with Gasteiger partial charge in [-0.1, -0.05) is 19.3 Å². The number of hydrogen-bond donors (Lipinski definition) is 1. The van der Waals surface area contributed by atoms with Gasteiger partial charge in [-0.05, 0) is 12.8 Å². The van der Waals surface area contributed by atoms with E-state index in [9.17, 15) is 0 Å². The third-order valence-electron chi connectivity index (χ3n) is 1.62. The molecule has 1 rings (SSSR count). The fourth-order valence-corrected chi connectivity index (χ4v) is 1.68. The standard InChI is InChI=1S/C6H11ClS/c7-6(8)4-2-1-3-5-6/h8H,1-5H2. The van der Waals surface area contributed by atoms with Crippen molar-refractivity contribution >= 4 is 24.2 Å². The minimum atomic E-state index is -0.155. The van der Waals surface area contributed by atoms with Gasteiger partial charge in [0, 0.05) is 0 Å². The summed E-state index contributed by atoms with van der Waals surface area (Å²) in [6, 6.07) is 0. The second-order valence-corrected chi connectivity index (χ2v) is 4.32. The molecule has 0 bridgehead atoms. The van der Waals surface area contributed by atoms with Crippen LogP contribution in [-0.4, -0.2) is 4.21 Å². The van der Waals surface area contributed by atoms with E-state index in [1.165, 1.54) is 19.3 Å². The Kier molecular flexibility index (Phi) is 2.10. The molecule has 2 heteroatoms. The molecule has 0 nitrogen and oxygen atoms in total. The van der Waals surface area contributed by atoms with Crippen LogP contribution in [0.25, 0.3) is 0 Å². The fraction of sp³-hybridized carbons (Fsp3) is 1.00. The van der Waals surface area contributed by atoms with Crippen LogP contribution in [0.4, 0.5) is 0 Å². The molecule has 0 N–H and O–H groups in total. The number of rotatable bonds is 0. The summed E-state index contributed by atoms with van der Waals surface area (Å²) in [5.41, 5.74) is 0. The first-order valence-electron chi connectivity index (χ1n) is 3.12. The van der Waals surface area contributed by atoms with E-state index in [0.717, 1.165) is 12.8 Å². The lowest BCUT2D eigenvalue weighted by Gasteiger charge is -2.24. The third kappa shape index (κ3) is 1.87. The van der Waals surface area contributed by atoms with E-state index in [2.05, 4.69) is 12.6 Å².